The fourth-order valence-electron chi connectivity index (χ4n) is 4.43. The molecule has 1 aromatic rings. The van der Waals surface area contributed by atoms with E-state index in [0.717, 1.165) is 19.0 Å². The van der Waals surface area contributed by atoms with Crippen molar-refractivity contribution in [1.82, 2.24) is 25.0 Å². The molecular weight excluding hydrogens is 451 g/mol. The Balaban J connectivity index is 0.00000261. The molecule has 154 valence electrons. The molecule has 6 nitrogen and oxygen atoms in total. The third-order valence-corrected chi connectivity index (χ3v) is 6.16. The number of hydrogen-bond donors (Lipinski definition) is 2. The summed E-state index contributed by atoms with van der Waals surface area (Å²) in [5.41, 5.74) is 1.48. The minimum absolute atomic E-state index is 0. The van der Waals surface area contributed by atoms with Crippen LogP contribution in [0.25, 0.3) is 0 Å². The zero-order chi connectivity index (χ0) is 18.4. The van der Waals surface area contributed by atoms with Crippen LogP contribution in [0.15, 0.2) is 23.3 Å². The molecule has 0 aromatic carbocycles. The highest BCUT2D eigenvalue weighted by Gasteiger charge is 2.39. The Bertz CT molecular complexity index is 559. The number of aromatic amines is 1. The van der Waals surface area contributed by atoms with E-state index < -0.39 is 0 Å². The quantitative estimate of drug-likeness (QED) is 0.380. The molecule has 7 heteroatoms. The molecule has 0 atom stereocenters. The lowest BCUT2D eigenvalue weighted by molar-refractivity contribution is 0.0170. The summed E-state index contributed by atoms with van der Waals surface area (Å²) < 4.78 is 0. The summed E-state index contributed by atoms with van der Waals surface area (Å²) in [4.78, 5) is 15.2. The van der Waals surface area contributed by atoms with Crippen molar-refractivity contribution in [2.24, 2.45) is 4.99 Å². The SMILES string of the molecule is CN=C(NCC1(N2CCCCC2)CCN(C)CC1)N(C)Cc1ccc[nH]1.I. The van der Waals surface area contributed by atoms with Gasteiger partial charge < -0.3 is 20.1 Å². The van der Waals surface area contributed by atoms with Crippen LogP contribution in [0.3, 0.4) is 0 Å². The van der Waals surface area contributed by atoms with Gasteiger partial charge in [0.2, 0.25) is 0 Å². The number of piperidine rings is 2. The average Bonchev–Trinajstić information content (AvgIpc) is 3.18. The number of nitrogens with zero attached hydrogens (tertiary/aromatic N) is 4. The number of aliphatic imine (C=N–C) groups is 1. The predicted octanol–water partition coefficient (Wildman–Crippen LogP) is 2.59. The zero-order valence-corrected chi connectivity index (χ0v) is 19.5. The molecule has 0 radical (unpaired) electrons. The first-order valence-corrected chi connectivity index (χ1v) is 10.1. The highest BCUT2D eigenvalue weighted by atomic mass is 127. The lowest BCUT2D eigenvalue weighted by Gasteiger charge is -2.50. The van der Waals surface area contributed by atoms with Crippen molar-refractivity contribution >= 4 is 29.9 Å². The Morgan fingerprint density at radius 3 is 2.52 bits per heavy atom. The molecule has 1 aromatic heterocycles. The highest BCUT2D eigenvalue weighted by molar-refractivity contribution is 14.0. The number of likely N-dealkylation sites (tertiary alicyclic amines) is 2. The van der Waals surface area contributed by atoms with Crippen LogP contribution in [0.2, 0.25) is 0 Å². The van der Waals surface area contributed by atoms with Crippen LogP contribution < -0.4 is 5.32 Å². The van der Waals surface area contributed by atoms with Crippen molar-refractivity contribution in [2.45, 2.75) is 44.2 Å². The fourth-order valence-corrected chi connectivity index (χ4v) is 4.43. The molecule has 27 heavy (non-hydrogen) atoms. The Kier molecular flexibility index (Phi) is 8.88. The third kappa shape index (κ3) is 5.84. The summed E-state index contributed by atoms with van der Waals surface area (Å²) in [6, 6.07) is 4.17. The lowest BCUT2D eigenvalue weighted by Crippen LogP contribution is -2.62. The molecule has 0 aliphatic carbocycles. The second-order valence-corrected chi connectivity index (χ2v) is 8.03. The number of nitrogens with one attached hydrogen (secondary N) is 2. The molecule has 0 saturated carbocycles. The van der Waals surface area contributed by atoms with Gasteiger partial charge in [0.05, 0.1) is 6.54 Å². The van der Waals surface area contributed by atoms with Crippen molar-refractivity contribution in [3.8, 4) is 0 Å². The summed E-state index contributed by atoms with van der Waals surface area (Å²) >= 11 is 0. The molecule has 3 heterocycles. The van der Waals surface area contributed by atoms with Gasteiger partial charge in [0, 0.05) is 38.1 Å². The standard InChI is InChI=1S/C20H36N6.HI/c1-21-19(25(3)16-18-8-7-11-22-18)23-17-20(9-14-24(2)15-10-20)26-12-5-4-6-13-26;/h7-8,11,22H,4-6,9-10,12-17H2,1-3H3,(H,21,23);1H. The maximum absolute atomic E-state index is 4.53. The smallest absolute Gasteiger partial charge is 0.193 e. The number of rotatable bonds is 5. The first kappa shape index (κ1) is 22.5. The number of halogens is 1. The minimum Gasteiger partial charge on any atom is -0.364 e. The van der Waals surface area contributed by atoms with Crippen molar-refractivity contribution in [1.29, 1.82) is 0 Å². The number of H-pyrrole nitrogens is 1. The molecular formula is C20H37IN6. The summed E-state index contributed by atoms with van der Waals surface area (Å²) in [5.74, 6) is 0.981. The van der Waals surface area contributed by atoms with Gasteiger partial charge in [0.1, 0.15) is 0 Å². The van der Waals surface area contributed by atoms with Crippen LogP contribution >= 0.6 is 24.0 Å². The Hall–Kier alpha value is -0.800. The predicted molar refractivity (Wildman–Crippen MR) is 124 cm³/mol. The molecule has 0 bridgehead atoms. The van der Waals surface area contributed by atoms with Crippen LogP contribution in [0, 0.1) is 0 Å². The molecule has 0 spiro atoms. The summed E-state index contributed by atoms with van der Waals surface area (Å²) in [6.07, 6.45) is 8.55. The molecule has 2 saturated heterocycles. The van der Waals surface area contributed by atoms with E-state index >= 15 is 0 Å². The largest absolute Gasteiger partial charge is 0.364 e. The topological polar surface area (TPSA) is 49.9 Å². The molecule has 3 rings (SSSR count). The van der Waals surface area contributed by atoms with E-state index in [4.69, 9.17) is 0 Å². The van der Waals surface area contributed by atoms with E-state index in [1.54, 1.807) is 0 Å². The normalized spacial score (nSPS) is 21.5. The van der Waals surface area contributed by atoms with E-state index in [2.05, 4.69) is 50.2 Å². The molecule has 2 N–H and O–H groups in total. The monoisotopic (exact) mass is 488 g/mol. The zero-order valence-electron chi connectivity index (χ0n) is 17.2. The maximum Gasteiger partial charge on any atom is 0.193 e. The van der Waals surface area contributed by atoms with Gasteiger partial charge in [-0.3, -0.25) is 9.89 Å². The summed E-state index contributed by atoms with van der Waals surface area (Å²) in [7, 11) is 6.24. The van der Waals surface area contributed by atoms with Crippen LogP contribution in [0.4, 0.5) is 0 Å². The molecule has 0 amide bonds. The van der Waals surface area contributed by atoms with Gasteiger partial charge in [-0.15, -0.1) is 24.0 Å². The van der Waals surface area contributed by atoms with E-state index in [1.165, 1.54) is 64.0 Å². The minimum atomic E-state index is 0. The van der Waals surface area contributed by atoms with Gasteiger partial charge in [-0.25, -0.2) is 0 Å². The highest BCUT2D eigenvalue weighted by Crippen LogP contribution is 2.30. The van der Waals surface area contributed by atoms with Crippen LogP contribution in [0.5, 0.6) is 0 Å². The number of guanidine groups is 1. The van der Waals surface area contributed by atoms with E-state index in [0.29, 0.717) is 0 Å². The van der Waals surface area contributed by atoms with Gasteiger partial charge in [-0.05, 0) is 71.0 Å². The van der Waals surface area contributed by atoms with Crippen LogP contribution in [-0.2, 0) is 6.54 Å². The fraction of sp³-hybridized carbons (Fsp3) is 0.750. The van der Waals surface area contributed by atoms with E-state index in [1.807, 2.05) is 19.3 Å². The van der Waals surface area contributed by atoms with Crippen molar-refractivity contribution < 1.29 is 0 Å². The molecule has 2 aliphatic heterocycles. The Morgan fingerprint density at radius 2 is 1.93 bits per heavy atom. The van der Waals surface area contributed by atoms with Crippen molar-refractivity contribution in [2.75, 3.05) is 53.9 Å². The number of aromatic nitrogens is 1. The van der Waals surface area contributed by atoms with Gasteiger partial charge in [0.15, 0.2) is 5.96 Å². The van der Waals surface area contributed by atoms with Crippen LogP contribution in [-0.4, -0.2) is 85.0 Å². The molecule has 2 aliphatic rings. The van der Waals surface area contributed by atoms with Crippen molar-refractivity contribution in [3.63, 3.8) is 0 Å². The first-order valence-electron chi connectivity index (χ1n) is 10.1. The lowest BCUT2D eigenvalue weighted by atomic mass is 9.84. The Morgan fingerprint density at radius 1 is 1.22 bits per heavy atom. The van der Waals surface area contributed by atoms with Crippen LogP contribution in [0.1, 0.15) is 37.8 Å². The van der Waals surface area contributed by atoms with Gasteiger partial charge >= 0.3 is 0 Å². The van der Waals surface area contributed by atoms with Gasteiger partial charge in [0.25, 0.3) is 0 Å². The van der Waals surface area contributed by atoms with Gasteiger partial charge in [-0.2, -0.15) is 0 Å². The Labute approximate surface area is 181 Å². The number of hydrogen-bond acceptors (Lipinski definition) is 3. The second-order valence-electron chi connectivity index (χ2n) is 8.03. The second kappa shape index (κ2) is 10.7. The first-order chi connectivity index (χ1) is 12.6. The molecule has 2 fully saturated rings. The molecule has 0 unspecified atom stereocenters. The summed E-state index contributed by atoms with van der Waals surface area (Å²) in [5, 5.41) is 3.71. The van der Waals surface area contributed by atoms with E-state index in [9.17, 15) is 0 Å². The van der Waals surface area contributed by atoms with E-state index in [-0.39, 0.29) is 29.5 Å². The maximum atomic E-state index is 4.53. The average molecular weight is 488 g/mol. The third-order valence-electron chi connectivity index (χ3n) is 6.16. The van der Waals surface area contributed by atoms with Crippen molar-refractivity contribution in [3.05, 3.63) is 24.0 Å². The van der Waals surface area contributed by atoms with Gasteiger partial charge in [-0.1, -0.05) is 6.42 Å². The summed E-state index contributed by atoms with van der Waals surface area (Å²) in [6.45, 7) is 6.71.